The second-order valence-electron chi connectivity index (χ2n) is 7.98. The van der Waals surface area contributed by atoms with Gasteiger partial charge in [-0.2, -0.15) is 0 Å². The molecule has 6 nitrogen and oxygen atoms in total. The van der Waals surface area contributed by atoms with Crippen LogP contribution in [0.2, 0.25) is 0 Å². The van der Waals surface area contributed by atoms with Gasteiger partial charge in [-0.1, -0.05) is 30.3 Å². The SMILES string of the molecule is CN1CCN(C(=O)c2cnc(N3CCC(Cc4ccccc4)CC3)cn2)CC1. The van der Waals surface area contributed by atoms with Crippen LogP contribution in [0.1, 0.15) is 28.9 Å². The quantitative estimate of drug-likeness (QED) is 0.816. The van der Waals surface area contributed by atoms with E-state index in [9.17, 15) is 4.79 Å². The number of aromatic nitrogens is 2. The summed E-state index contributed by atoms with van der Waals surface area (Å²) in [7, 11) is 2.08. The van der Waals surface area contributed by atoms with E-state index in [-0.39, 0.29) is 5.91 Å². The van der Waals surface area contributed by atoms with E-state index < -0.39 is 0 Å². The van der Waals surface area contributed by atoms with Crippen LogP contribution >= 0.6 is 0 Å². The zero-order valence-electron chi connectivity index (χ0n) is 16.6. The molecule has 2 aliphatic rings. The van der Waals surface area contributed by atoms with Crippen LogP contribution in [0.25, 0.3) is 0 Å². The van der Waals surface area contributed by atoms with Crippen LogP contribution in [0.5, 0.6) is 0 Å². The summed E-state index contributed by atoms with van der Waals surface area (Å²) in [6, 6.07) is 10.7. The first-order chi connectivity index (χ1) is 13.7. The molecule has 0 unspecified atom stereocenters. The lowest BCUT2D eigenvalue weighted by molar-refractivity contribution is 0.0658. The lowest BCUT2D eigenvalue weighted by Crippen LogP contribution is -2.47. The summed E-state index contributed by atoms with van der Waals surface area (Å²) in [5.74, 6) is 1.60. The molecule has 148 valence electrons. The van der Waals surface area contributed by atoms with E-state index in [2.05, 4.69) is 57.1 Å². The minimum absolute atomic E-state index is 0.00582. The summed E-state index contributed by atoms with van der Waals surface area (Å²) in [4.78, 5) is 28.0. The van der Waals surface area contributed by atoms with Gasteiger partial charge in [0.25, 0.3) is 5.91 Å². The smallest absolute Gasteiger partial charge is 0.274 e. The third-order valence-electron chi connectivity index (χ3n) is 5.95. The number of likely N-dealkylation sites (N-methyl/N-ethyl adjacent to an activating group) is 1. The van der Waals surface area contributed by atoms with Gasteiger partial charge in [0, 0.05) is 39.3 Å². The molecule has 1 amide bonds. The van der Waals surface area contributed by atoms with Gasteiger partial charge in [-0.25, -0.2) is 9.97 Å². The number of hydrogen-bond acceptors (Lipinski definition) is 5. The number of hydrogen-bond donors (Lipinski definition) is 0. The van der Waals surface area contributed by atoms with Crippen molar-refractivity contribution in [3.63, 3.8) is 0 Å². The Morgan fingerprint density at radius 3 is 2.32 bits per heavy atom. The van der Waals surface area contributed by atoms with Crippen molar-refractivity contribution < 1.29 is 4.79 Å². The van der Waals surface area contributed by atoms with Gasteiger partial charge in [0.05, 0.1) is 12.4 Å². The number of rotatable bonds is 4. The van der Waals surface area contributed by atoms with Crippen molar-refractivity contribution >= 4 is 11.7 Å². The summed E-state index contributed by atoms with van der Waals surface area (Å²) in [6.45, 7) is 5.33. The Morgan fingerprint density at radius 2 is 1.68 bits per heavy atom. The largest absolute Gasteiger partial charge is 0.355 e. The molecule has 28 heavy (non-hydrogen) atoms. The maximum atomic E-state index is 12.6. The van der Waals surface area contributed by atoms with Gasteiger partial charge >= 0.3 is 0 Å². The standard InChI is InChI=1S/C22H29N5O/c1-25-11-13-27(14-12-25)22(28)20-16-24-21(17-23-20)26-9-7-19(8-10-26)15-18-5-3-2-4-6-18/h2-6,16-17,19H,7-15H2,1H3. The molecule has 0 atom stereocenters. The minimum atomic E-state index is -0.00582. The van der Waals surface area contributed by atoms with Gasteiger partial charge in [-0.05, 0) is 37.8 Å². The van der Waals surface area contributed by atoms with E-state index in [4.69, 9.17) is 0 Å². The van der Waals surface area contributed by atoms with Crippen LogP contribution in [0.4, 0.5) is 5.82 Å². The molecule has 0 bridgehead atoms. The average molecular weight is 380 g/mol. The first-order valence-corrected chi connectivity index (χ1v) is 10.3. The highest BCUT2D eigenvalue weighted by Gasteiger charge is 2.23. The lowest BCUT2D eigenvalue weighted by Gasteiger charge is -2.33. The lowest BCUT2D eigenvalue weighted by atomic mass is 9.90. The van der Waals surface area contributed by atoms with Crippen LogP contribution in [0, 0.1) is 5.92 Å². The molecular formula is C22H29N5O. The summed E-state index contributed by atoms with van der Waals surface area (Å²) in [5, 5.41) is 0. The van der Waals surface area contributed by atoms with Gasteiger partial charge in [0.15, 0.2) is 0 Å². The first-order valence-electron chi connectivity index (χ1n) is 10.3. The molecule has 0 radical (unpaired) electrons. The number of carbonyl (C=O) groups excluding carboxylic acids is 1. The number of piperazine rings is 1. The van der Waals surface area contributed by atoms with Crippen molar-refractivity contribution in [1.29, 1.82) is 0 Å². The van der Waals surface area contributed by atoms with E-state index in [0.29, 0.717) is 5.69 Å². The van der Waals surface area contributed by atoms with Crippen LogP contribution < -0.4 is 4.90 Å². The number of piperidine rings is 1. The highest BCUT2D eigenvalue weighted by Crippen LogP contribution is 2.24. The maximum absolute atomic E-state index is 12.6. The first kappa shape index (κ1) is 18.9. The zero-order valence-corrected chi connectivity index (χ0v) is 16.6. The molecule has 0 N–H and O–H groups in total. The summed E-state index contributed by atoms with van der Waals surface area (Å²) in [5.41, 5.74) is 1.87. The number of nitrogens with zero attached hydrogens (tertiary/aromatic N) is 5. The van der Waals surface area contributed by atoms with E-state index in [1.165, 1.54) is 18.4 Å². The van der Waals surface area contributed by atoms with Crippen molar-refractivity contribution in [2.75, 3.05) is 51.2 Å². The Kier molecular flexibility index (Phi) is 5.86. The summed E-state index contributed by atoms with van der Waals surface area (Å²) in [6.07, 6.45) is 6.89. The van der Waals surface area contributed by atoms with Crippen molar-refractivity contribution in [1.82, 2.24) is 19.8 Å². The topological polar surface area (TPSA) is 52.6 Å². The fourth-order valence-corrected chi connectivity index (χ4v) is 4.08. The molecule has 0 saturated carbocycles. The molecular weight excluding hydrogens is 350 g/mol. The Hall–Kier alpha value is -2.47. The molecule has 1 aromatic heterocycles. The zero-order chi connectivity index (χ0) is 19.3. The maximum Gasteiger partial charge on any atom is 0.274 e. The fourth-order valence-electron chi connectivity index (χ4n) is 4.08. The molecule has 4 rings (SSSR count). The van der Waals surface area contributed by atoms with Crippen molar-refractivity contribution in [2.45, 2.75) is 19.3 Å². The number of carbonyl (C=O) groups is 1. The Balaban J connectivity index is 1.30. The average Bonchev–Trinajstić information content (AvgIpc) is 2.75. The molecule has 2 aromatic rings. The second kappa shape index (κ2) is 8.69. The molecule has 2 aliphatic heterocycles. The number of amides is 1. The van der Waals surface area contributed by atoms with E-state index in [1.807, 2.05) is 4.90 Å². The third-order valence-corrected chi connectivity index (χ3v) is 5.95. The normalized spacial score (nSPS) is 19.0. The Labute approximate surface area is 167 Å². The fraction of sp³-hybridized carbons (Fsp3) is 0.500. The van der Waals surface area contributed by atoms with Gasteiger partial charge in [-0.15, -0.1) is 0 Å². The predicted octanol–water partition coefficient (Wildman–Crippen LogP) is 2.32. The van der Waals surface area contributed by atoms with Crippen molar-refractivity contribution in [2.24, 2.45) is 5.92 Å². The summed E-state index contributed by atoms with van der Waals surface area (Å²) >= 11 is 0. The number of anilines is 1. The van der Waals surface area contributed by atoms with Gasteiger partial charge in [-0.3, -0.25) is 4.79 Å². The van der Waals surface area contributed by atoms with Crippen LogP contribution in [-0.2, 0) is 6.42 Å². The predicted molar refractivity (Wildman–Crippen MR) is 111 cm³/mol. The van der Waals surface area contributed by atoms with Crippen LogP contribution in [0.3, 0.4) is 0 Å². The van der Waals surface area contributed by atoms with Crippen molar-refractivity contribution in [3.05, 3.63) is 54.0 Å². The van der Waals surface area contributed by atoms with E-state index >= 15 is 0 Å². The molecule has 2 fully saturated rings. The highest BCUT2D eigenvalue weighted by molar-refractivity contribution is 5.92. The third kappa shape index (κ3) is 4.50. The highest BCUT2D eigenvalue weighted by atomic mass is 16.2. The van der Waals surface area contributed by atoms with Crippen LogP contribution in [0.15, 0.2) is 42.7 Å². The van der Waals surface area contributed by atoms with E-state index in [0.717, 1.165) is 57.4 Å². The molecule has 3 heterocycles. The minimum Gasteiger partial charge on any atom is -0.355 e. The second-order valence-corrected chi connectivity index (χ2v) is 7.98. The number of benzene rings is 1. The van der Waals surface area contributed by atoms with Gasteiger partial charge in [0.1, 0.15) is 11.5 Å². The monoisotopic (exact) mass is 379 g/mol. The Bertz CT molecular complexity index is 763. The van der Waals surface area contributed by atoms with E-state index in [1.54, 1.807) is 12.4 Å². The summed E-state index contributed by atoms with van der Waals surface area (Å²) < 4.78 is 0. The molecule has 0 spiro atoms. The molecule has 2 saturated heterocycles. The van der Waals surface area contributed by atoms with Gasteiger partial charge in [0.2, 0.25) is 0 Å². The Morgan fingerprint density at radius 1 is 0.964 bits per heavy atom. The molecule has 1 aromatic carbocycles. The molecule has 6 heteroatoms. The van der Waals surface area contributed by atoms with Gasteiger partial charge < -0.3 is 14.7 Å². The van der Waals surface area contributed by atoms with Crippen molar-refractivity contribution in [3.8, 4) is 0 Å². The molecule has 0 aliphatic carbocycles. The van der Waals surface area contributed by atoms with Crippen LogP contribution in [-0.4, -0.2) is 72.0 Å².